The molecule has 8 heteroatoms. The van der Waals surface area contributed by atoms with Crippen molar-refractivity contribution in [1.29, 1.82) is 0 Å². The SMILES string of the molecule is CCOC(=O)/C=C/CSc1sc(C(=O)c2ccccc2)c2c(C(=O)OCC)c3cc(C)ccn3c12. The summed E-state index contributed by atoms with van der Waals surface area (Å²) in [5.41, 5.74) is 3.44. The summed E-state index contributed by atoms with van der Waals surface area (Å²) in [6, 6.07) is 12.9. The van der Waals surface area contributed by atoms with Gasteiger partial charge in [0.2, 0.25) is 5.78 Å². The van der Waals surface area contributed by atoms with Crippen LogP contribution >= 0.6 is 23.1 Å². The highest BCUT2D eigenvalue weighted by Crippen LogP contribution is 2.44. The molecule has 0 radical (unpaired) electrons. The van der Waals surface area contributed by atoms with Gasteiger partial charge in [0, 0.05) is 29.0 Å². The average Bonchev–Trinajstić information content (AvgIpc) is 3.37. The van der Waals surface area contributed by atoms with Crippen molar-refractivity contribution in [2.75, 3.05) is 19.0 Å². The Morgan fingerprint density at radius 3 is 2.51 bits per heavy atom. The number of thiophene rings is 1. The number of ketones is 1. The summed E-state index contributed by atoms with van der Waals surface area (Å²) in [5, 5.41) is 0.602. The molecule has 0 fully saturated rings. The molecule has 0 spiro atoms. The molecular formula is C27H25NO5S2. The highest BCUT2D eigenvalue weighted by Gasteiger charge is 2.29. The van der Waals surface area contributed by atoms with Crippen LogP contribution in [-0.2, 0) is 14.3 Å². The molecule has 4 aromatic rings. The second-order valence-corrected chi connectivity index (χ2v) is 9.97. The first-order valence-corrected chi connectivity index (χ1v) is 13.1. The first kappa shape index (κ1) is 24.8. The van der Waals surface area contributed by atoms with Crippen molar-refractivity contribution in [2.24, 2.45) is 0 Å². The minimum atomic E-state index is -0.454. The van der Waals surface area contributed by atoms with Gasteiger partial charge in [-0.3, -0.25) is 4.79 Å². The van der Waals surface area contributed by atoms with Crippen molar-refractivity contribution in [3.8, 4) is 0 Å². The molecular weight excluding hydrogens is 482 g/mol. The van der Waals surface area contributed by atoms with Gasteiger partial charge in [-0.05, 0) is 38.5 Å². The summed E-state index contributed by atoms with van der Waals surface area (Å²) < 4.78 is 13.2. The average molecular weight is 508 g/mol. The van der Waals surface area contributed by atoms with Gasteiger partial charge in [-0.2, -0.15) is 0 Å². The first-order valence-electron chi connectivity index (χ1n) is 11.3. The van der Waals surface area contributed by atoms with E-state index in [-0.39, 0.29) is 12.4 Å². The third-order valence-electron chi connectivity index (χ3n) is 5.28. The summed E-state index contributed by atoms with van der Waals surface area (Å²) in [7, 11) is 0. The van der Waals surface area contributed by atoms with E-state index in [4.69, 9.17) is 9.47 Å². The van der Waals surface area contributed by atoms with Gasteiger partial charge < -0.3 is 13.9 Å². The molecule has 0 atom stereocenters. The van der Waals surface area contributed by atoms with Gasteiger partial charge in [0.05, 0.1) is 38.9 Å². The van der Waals surface area contributed by atoms with E-state index in [0.29, 0.717) is 39.3 Å². The summed E-state index contributed by atoms with van der Waals surface area (Å²) in [5.74, 6) is -0.490. The van der Waals surface area contributed by atoms with Crippen LogP contribution in [0.2, 0.25) is 0 Å². The molecule has 0 aliphatic rings. The van der Waals surface area contributed by atoms with Crippen molar-refractivity contribution in [1.82, 2.24) is 4.40 Å². The molecule has 0 aliphatic heterocycles. The van der Waals surface area contributed by atoms with Crippen LogP contribution in [-0.4, -0.2) is 41.1 Å². The Labute approximate surface area is 211 Å². The van der Waals surface area contributed by atoms with E-state index < -0.39 is 11.9 Å². The molecule has 4 rings (SSSR count). The number of ether oxygens (including phenoxy) is 2. The summed E-state index contributed by atoms with van der Waals surface area (Å²) in [4.78, 5) is 38.9. The normalized spacial score (nSPS) is 11.4. The van der Waals surface area contributed by atoms with Gasteiger partial charge in [0.1, 0.15) is 0 Å². The van der Waals surface area contributed by atoms with Gasteiger partial charge in [0.25, 0.3) is 0 Å². The van der Waals surface area contributed by atoms with Gasteiger partial charge in [0.15, 0.2) is 0 Å². The lowest BCUT2D eigenvalue weighted by Gasteiger charge is -2.05. The molecule has 180 valence electrons. The zero-order chi connectivity index (χ0) is 24.9. The largest absolute Gasteiger partial charge is 0.463 e. The number of hydrogen-bond acceptors (Lipinski definition) is 7. The predicted octanol–water partition coefficient (Wildman–Crippen LogP) is 6.08. The van der Waals surface area contributed by atoms with Crippen LogP contribution < -0.4 is 0 Å². The number of hydrogen-bond donors (Lipinski definition) is 0. The van der Waals surface area contributed by atoms with Gasteiger partial charge in [-0.1, -0.05) is 36.4 Å². The summed E-state index contributed by atoms with van der Waals surface area (Å²) in [6.45, 7) is 6.03. The molecule has 6 nitrogen and oxygen atoms in total. The van der Waals surface area contributed by atoms with Gasteiger partial charge in [-0.25, -0.2) is 9.59 Å². The zero-order valence-corrected chi connectivity index (χ0v) is 21.3. The van der Waals surface area contributed by atoms with Crippen molar-refractivity contribution in [3.63, 3.8) is 0 Å². The van der Waals surface area contributed by atoms with Crippen LogP contribution in [0.1, 0.15) is 45.0 Å². The second-order valence-electron chi connectivity index (χ2n) is 7.66. The van der Waals surface area contributed by atoms with Crippen LogP contribution in [0.3, 0.4) is 0 Å². The predicted molar refractivity (Wildman–Crippen MR) is 140 cm³/mol. The molecule has 0 unspecified atom stereocenters. The molecule has 0 saturated carbocycles. The molecule has 1 aromatic carbocycles. The smallest absolute Gasteiger partial charge is 0.341 e. The lowest BCUT2D eigenvalue weighted by Crippen LogP contribution is -2.06. The molecule has 35 heavy (non-hydrogen) atoms. The summed E-state index contributed by atoms with van der Waals surface area (Å²) in [6.07, 6.45) is 5.05. The molecule has 3 heterocycles. The quantitative estimate of drug-likeness (QED) is 0.118. The Hall–Kier alpha value is -3.36. The van der Waals surface area contributed by atoms with E-state index in [1.54, 1.807) is 32.1 Å². The van der Waals surface area contributed by atoms with E-state index in [2.05, 4.69) is 0 Å². The Bertz CT molecular complexity index is 1430. The number of esters is 2. The van der Waals surface area contributed by atoms with Crippen LogP contribution in [0.25, 0.3) is 16.4 Å². The van der Waals surface area contributed by atoms with Gasteiger partial charge in [-0.15, -0.1) is 23.1 Å². The topological polar surface area (TPSA) is 74.1 Å². The number of aromatic nitrogens is 1. The maximum absolute atomic E-state index is 13.6. The number of nitrogens with zero attached hydrogens (tertiary/aromatic N) is 1. The Kier molecular flexibility index (Phi) is 7.73. The van der Waals surface area contributed by atoms with Crippen LogP contribution in [0.15, 0.2) is 65.0 Å². The number of carbonyl (C=O) groups is 3. The van der Waals surface area contributed by atoms with Crippen LogP contribution in [0, 0.1) is 6.92 Å². The Morgan fingerprint density at radius 1 is 1.06 bits per heavy atom. The third-order valence-corrected chi connectivity index (χ3v) is 7.67. The highest BCUT2D eigenvalue weighted by molar-refractivity contribution is 8.01. The number of fused-ring (bicyclic) bond motifs is 3. The first-order chi connectivity index (χ1) is 17.0. The second kappa shape index (κ2) is 10.9. The molecule has 0 amide bonds. The number of pyridine rings is 1. The lowest BCUT2D eigenvalue weighted by atomic mass is 10.1. The van der Waals surface area contributed by atoms with Gasteiger partial charge >= 0.3 is 11.9 Å². The molecule has 0 aliphatic carbocycles. The monoisotopic (exact) mass is 507 g/mol. The minimum Gasteiger partial charge on any atom is -0.463 e. The maximum atomic E-state index is 13.6. The fourth-order valence-corrected chi connectivity index (χ4v) is 6.19. The standard InChI is InChI=1S/C27H25NO5S2/c1-4-32-20(29)12-9-15-34-27-23-22(25(35-27)24(30)18-10-7-6-8-11-18)21(26(31)33-5-2)19-16-17(3)13-14-28(19)23/h6-14,16H,4-5,15H2,1-3H3/b12-9+. The fourth-order valence-electron chi connectivity index (χ4n) is 3.82. The van der Waals surface area contributed by atoms with Crippen molar-refractivity contribution >= 4 is 57.2 Å². The van der Waals surface area contributed by atoms with Crippen LogP contribution in [0.5, 0.6) is 0 Å². The van der Waals surface area contributed by atoms with Crippen molar-refractivity contribution in [3.05, 3.63) is 82.4 Å². The minimum absolute atomic E-state index is 0.146. The van der Waals surface area contributed by atoms with E-state index in [0.717, 1.165) is 15.3 Å². The number of rotatable bonds is 9. The van der Waals surface area contributed by atoms with Crippen molar-refractivity contribution < 1.29 is 23.9 Å². The highest BCUT2D eigenvalue weighted by atomic mass is 32.2. The molecule has 0 bridgehead atoms. The van der Waals surface area contributed by atoms with E-state index in [1.807, 2.05) is 47.9 Å². The van der Waals surface area contributed by atoms with Crippen molar-refractivity contribution in [2.45, 2.75) is 25.0 Å². The maximum Gasteiger partial charge on any atom is 0.341 e. The van der Waals surface area contributed by atoms with E-state index in [9.17, 15) is 14.4 Å². The lowest BCUT2D eigenvalue weighted by molar-refractivity contribution is -0.137. The Morgan fingerprint density at radius 2 is 1.80 bits per heavy atom. The Balaban J connectivity index is 1.90. The van der Waals surface area contributed by atoms with Crippen LogP contribution in [0.4, 0.5) is 0 Å². The zero-order valence-electron chi connectivity index (χ0n) is 19.7. The summed E-state index contributed by atoms with van der Waals surface area (Å²) >= 11 is 2.85. The molecule has 0 N–H and O–H groups in total. The number of carbonyl (C=O) groups excluding carboxylic acids is 3. The van der Waals surface area contributed by atoms with E-state index >= 15 is 0 Å². The number of benzene rings is 1. The number of aryl methyl sites for hydroxylation is 1. The molecule has 3 aromatic heterocycles. The van der Waals surface area contributed by atoms with E-state index in [1.165, 1.54) is 29.2 Å². The molecule has 0 saturated heterocycles. The number of thioether (sulfide) groups is 1. The fraction of sp³-hybridized carbons (Fsp3) is 0.222. The third kappa shape index (κ3) is 5.04.